The lowest BCUT2D eigenvalue weighted by Gasteiger charge is -2.07. The number of rotatable bonds is 6. The lowest BCUT2D eigenvalue weighted by atomic mass is 9.99. The van der Waals surface area contributed by atoms with Gasteiger partial charge in [0.2, 0.25) is 0 Å². The maximum Gasteiger partial charge on any atom is 0.387 e. The molecule has 0 atom stereocenters. The van der Waals surface area contributed by atoms with Crippen LogP contribution in [0.5, 0.6) is 5.75 Å². The summed E-state index contributed by atoms with van der Waals surface area (Å²) in [6.45, 7) is -1.25. The molecule has 0 aliphatic heterocycles. The van der Waals surface area contributed by atoms with Gasteiger partial charge in [-0.25, -0.2) is 13.2 Å². The zero-order valence-corrected chi connectivity index (χ0v) is 18.8. The normalized spacial score (nSPS) is 10.9. The van der Waals surface area contributed by atoms with E-state index in [1.165, 1.54) is 17.2 Å². The molecular weight excluding hydrogens is 459 g/mol. The van der Waals surface area contributed by atoms with Crippen LogP contribution < -0.4 is 4.74 Å². The van der Waals surface area contributed by atoms with Gasteiger partial charge in [-0.2, -0.15) is 8.78 Å². The smallest absolute Gasteiger partial charge is 0.387 e. The predicted octanol–water partition coefficient (Wildman–Crippen LogP) is 7.61. The summed E-state index contributed by atoms with van der Waals surface area (Å²) in [5, 5.41) is 1.10. The number of alkyl halides is 2. The van der Waals surface area contributed by atoms with Gasteiger partial charge in [-0.15, -0.1) is 0 Å². The molecule has 6 heteroatoms. The van der Waals surface area contributed by atoms with Gasteiger partial charge in [0.15, 0.2) is 17.4 Å². The molecular formula is C29H21F5O. The molecule has 0 fully saturated rings. The summed E-state index contributed by atoms with van der Waals surface area (Å²) >= 11 is 0. The van der Waals surface area contributed by atoms with Crippen LogP contribution in [-0.4, -0.2) is 6.61 Å². The first kappa shape index (κ1) is 24.3. The molecule has 0 radical (unpaired) electrons. The second kappa shape index (κ2) is 10.6. The van der Waals surface area contributed by atoms with Crippen LogP contribution in [-0.2, 0) is 19.3 Å². The van der Waals surface area contributed by atoms with Gasteiger partial charge in [-0.3, -0.25) is 0 Å². The van der Waals surface area contributed by atoms with Gasteiger partial charge in [0, 0.05) is 10.9 Å². The van der Waals surface area contributed by atoms with Crippen molar-refractivity contribution < 1.29 is 26.7 Å². The van der Waals surface area contributed by atoms with Gasteiger partial charge >= 0.3 is 6.61 Å². The molecule has 0 aliphatic carbocycles. The molecule has 0 aromatic heterocycles. The molecule has 0 unspecified atom stereocenters. The maximum absolute atomic E-state index is 15.0. The van der Waals surface area contributed by atoms with E-state index in [4.69, 9.17) is 0 Å². The lowest BCUT2D eigenvalue weighted by Crippen LogP contribution is -2.06. The molecule has 35 heavy (non-hydrogen) atoms. The van der Waals surface area contributed by atoms with E-state index in [0.717, 1.165) is 42.3 Å². The van der Waals surface area contributed by atoms with Gasteiger partial charge in [-0.1, -0.05) is 67.3 Å². The number of aryl methyl sites for hydroxylation is 3. The average Bonchev–Trinajstić information content (AvgIpc) is 2.84. The minimum Gasteiger partial charge on any atom is -0.429 e. The summed E-state index contributed by atoms with van der Waals surface area (Å²) in [6, 6.07) is 18.8. The van der Waals surface area contributed by atoms with E-state index in [0.29, 0.717) is 5.39 Å². The molecule has 0 heterocycles. The number of halogens is 5. The zero-order valence-electron chi connectivity index (χ0n) is 18.8. The summed E-state index contributed by atoms with van der Waals surface area (Å²) in [5.74, 6) is 0.668. The third kappa shape index (κ3) is 5.81. The van der Waals surface area contributed by atoms with Gasteiger partial charge in [0.1, 0.15) is 5.82 Å². The maximum atomic E-state index is 15.0. The first-order valence-corrected chi connectivity index (χ1v) is 11.1. The first-order valence-electron chi connectivity index (χ1n) is 11.1. The van der Waals surface area contributed by atoms with Crippen molar-refractivity contribution in [1.82, 2.24) is 0 Å². The Morgan fingerprint density at radius 1 is 0.743 bits per heavy atom. The van der Waals surface area contributed by atoms with E-state index >= 15 is 4.39 Å². The second-order valence-corrected chi connectivity index (χ2v) is 8.05. The number of hydrogen-bond acceptors (Lipinski definition) is 1. The third-order valence-corrected chi connectivity index (χ3v) is 5.70. The van der Waals surface area contributed by atoms with Crippen molar-refractivity contribution in [3.63, 3.8) is 0 Å². The van der Waals surface area contributed by atoms with Gasteiger partial charge in [-0.05, 0) is 59.5 Å². The van der Waals surface area contributed by atoms with Crippen LogP contribution in [0.2, 0.25) is 0 Å². The Morgan fingerprint density at radius 2 is 1.37 bits per heavy atom. The highest BCUT2D eigenvalue weighted by Crippen LogP contribution is 2.26. The molecule has 4 rings (SSSR count). The highest BCUT2D eigenvalue weighted by Gasteiger charge is 2.16. The highest BCUT2D eigenvalue weighted by molar-refractivity contribution is 5.85. The van der Waals surface area contributed by atoms with Crippen molar-refractivity contribution >= 4 is 10.8 Å². The first-order chi connectivity index (χ1) is 16.8. The van der Waals surface area contributed by atoms with Crippen LogP contribution in [0.15, 0.2) is 66.7 Å². The molecule has 0 saturated heterocycles. The van der Waals surface area contributed by atoms with E-state index < -0.39 is 29.8 Å². The van der Waals surface area contributed by atoms with Crippen molar-refractivity contribution in [3.8, 4) is 17.6 Å². The molecule has 4 aromatic rings. The molecule has 1 nitrogen and oxygen atoms in total. The summed E-state index contributed by atoms with van der Waals surface area (Å²) in [4.78, 5) is 0. The largest absolute Gasteiger partial charge is 0.429 e. The Hall–Kier alpha value is -3.85. The second-order valence-electron chi connectivity index (χ2n) is 8.05. The monoisotopic (exact) mass is 480 g/mol. The highest BCUT2D eigenvalue weighted by atomic mass is 19.3. The van der Waals surface area contributed by atoms with E-state index in [1.54, 1.807) is 12.1 Å². The average molecular weight is 480 g/mol. The summed E-state index contributed by atoms with van der Waals surface area (Å²) < 4.78 is 71.2. The van der Waals surface area contributed by atoms with E-state index in [-0.39, 0.29) is 11.1 Å². The SMILES string of the molecule is CCc1ccc(CCc2ccc3c(F)c(C#Cc4cc(F)c(OC(F)F)c(F)c4)ccc3c2)cc1. The molecule has 4 aromatic carbocycles. The fourth-order valence-corrected chi connectivity index (χ4v) is 3.80. The van der Waals surface area contributed by atoms with Crippen molar-refractivity contribution in [2.75, 3.05) is 0 Å². The van der Waals surface area contributed by atoms with Gasteiger partial charge < -0.3 is 4.74 Å². The lowest BCUT2D eigenvalue weighted by molar-refractivity contribution is -0.0546. The zero-order chi connectivity index (χ0) is 24.9. The van der Waals surface area contributed by atoms with Crippen LogP contribution in [0.3, 0.4) is 0 Å². The Morgan fingerprint density at radius 3 is 2.03 bits per heavy atom. The van der Waals surface area contributed by atoms with E-state index in [1.807, 2.05) is 12.1 Å². The predicted molar refractivity (Wildman–Crippen MR) is 126 cm³/mol. The van der Waals surface area contributed by atoms with Gasteiger partial charge in [0.05, 0.1) is 5.56 Å². The summed E-state index contributed by atoms with van der Waals surface area (Å²) in [7, 11) is 0. The van der Waals surface area contributed by atoms with Crippen LogP contribution in [0.4, 0.5) is 22.0 Å². The van der Waals surface area contributed by atoms with E-state index in [9.17, 15) is 17.6 Å². The quantitative estimate of drug-likeness (QED) is 0.204. The Balaban J connectivity index is 1.53. The minimum atomic E-state index is -3.37. The third-order valence-electron chi connectivity index (χ3n) is 5.70. The summed E-state index contributed by atoms with van der Waals surface area (Å²) in [6.07, 6.45) is 2.68. The van der Waals surface area contributed by atoms with Crippen LogP contribution in [0, 0.1) is 29.3 Å². The summed E-state index contributed by atoms with van der Waals surface area (Å²) in [5.41, 5.74) is 3.52. The van der Waals surface area contributed by atoms with E-state index in [2.05, 4.69) is 47.8 Å². The minimum absolute atomic E-state index is 0.0509. The molecule has 0 bridgehead atoms. The van der Waals surface area contributed by atoms with Crippen LogP contribution >= 0.6 is 0 Å². The molecule has 178 valence electrons. The molecule has 0 aliphatic rings. The number of benzene rings is 4. The standard InChI is InChI=1S/C29H21F5O/c1-2-18-3-5-19(6-4-18)7-8-20-10-14-24-23(15-20)13-12-22(27(24)32)11-9-21-16-25(30)28(26(31)17-21)35-29(33)34/h3-6,10,12-17,29H,2,7-8H2,1H3. The van der Waals surface area contributed by atoms with Crippen molar-refractivity contribution in [1.29, 1.82) is 0 Å². The van der Waals surface area contributed by atoms with Crippen LogP contribution in [0.1, 0.15) is 34.7 Å². The Kier molecular flexibility index (Phi) is 7.36. The Labute approximate surface area is 200 Å². The molecule has 0 saturated carbocycles. The molecule has 0 amide bonds. The molecule has 0 N–H and O–H groups in total. The van der Waals surface area contributed by atoms with Crippen molar-refractivity contribution in [2.45, 2.75) is 32.8 Å². The van der Waals surface area contributed by atoms with Crippen molar-refractivity contribution in [2.24, 2.45) is 0 Å². The van der Waals surface area contributed by atoms with Gasteiger partial charge in [0.25, 0.3) is 0 Å². The Bertz CT molecular complexity index is 1390. The van der Waals surface area contributed by atoms with Crippen molar-refractivity contribution in [3.05, 3.63) is 112 Å². The fourth-order valence-electron chi connectivity index (χ4n) is 3.80. The van der Waals surface area contributed by atoms with Crippen LogP contribution in [0.25, 0.3) is 10.8 Å². The fraction of sp³-hybridized carbons (Fsp3) is 0.172. The topological polar surface area (TPSA) is 9.23 Å². The number of ether oxygens (including phenoxy) is 1. The number of fused-ring (bicyclic) bond motifs is 1. The molecule has 0 spiro atoms. The number of hydrogen-bond donors (Lipinski definition) is 0.